The Morgan fingerprint density at radius 3 is 0.569 bits per heavy atom. The number of nitrogens with two attached hydrogens (primary N) is 1. The first-order chi connectivity index (χ1) is 28.8. The third-order valence-electron chi connectivity index (χ3n) is 7.00. The van der Waals surface area contributed by atoms with Crippen molar-refractivity contribution in [2.24, 2.45) is 5.73 Å². The van der Waals surface area contributed by atoms with Crippen molar-refractivity contribution in [3.8, 4) is 0 Å². The van der Waals surface area contributed by atoms with Gasteiger partial charge in [0.25, 0.3) is 0 Å². The lowest BCUT2D eigenvalue weighted by Crippen LogP contribution is -2.21. The molecule has 1 atom stereocenters. The Hall–Kier alpha value is -0.800. The molecule has 0 aliphatic rings. The molecule has 20 heteroatoms. The van der Waals surface area contributed by atoms with Gasteiger partial charge in [0.2, 0.25) is 0 Å². The Morgan fingerprint density at radius 2 is 0.414 bits per heavy atom. The number of hydrogen-bond donors (Lipinski definition) is 3. The summed E-state index contributed by atoms with van der Waals surface area (Å²) in [5, 5.41) is 18.1. The summed E-state index contributed by atoms with van der Waals surface area (Å²) in [6, 6.07) is 0. The van der Waals surface area contributed by atoms with Crippen molar-refractivity contribution in [3.05, 3.63) is 0 Å². The van der Waals surface area contributed by atoms with Gasteiger partial charge in [-0.2, -0.15) is 0 Å². The fraction of sp³-hybridized carbons (Fsp3) is 1.00. The van der Waals surface area contributed by atoms with E-state index < -0.39 is 6.10 Å². The van der Waals surface area contributed by atoms with Crippen molar-refractivity contribution in [2.45, 2.75) is 12.5 Å². The SMILES string of the molecule is NCCC(O)COCCOCCOCCOCCOCCOCCOCCOCCOCCOCCOCCOCCOCCOCCOCCOCCOCCO. The van der Waals surface area contributed by atoms with E-state index in [9.17, 15) is 5.11 Å². The summed E-state index contributed by atoms with van der Waals surface area (Å²) in [5.74, 6) is 0. The molecule has 0 fully saturated rings. The van der Waals surface area contributed by atoms with Crippen molar-refractivity contribution >= 4 is 0 Å². The van der Waals surface area contributed by atoms with Crippen molar-refractivity contribution < 1.29 is 90.7 Å². The molecule has 20 nitrogen and oxygen atoms in total. The van der Waals surface area contributed by atoms with Gasteiger partial charge in [-0.3, -0.25) is 0 Å². The Labute approximate surface area is 346 Å². The van der Waals surface area contributed by atoms with Crippen LogP contribution in [0.3, 0.4) is 0 Å². The molecule has 0 aliphatic heterocycles. The predicted molar refractivity (Wildman–Crippen MR) is 211 cm³/mol. The second-order valence-corrected chi connectivity index (χ2v) is 11.8. The van der Waals surface area contributed by atoms with Gasteiger partial charge in [-0.05, 0) is 13.0 Å². The topological polar surface area (TPSA) is 223 Å². The lowest BCUT2D eigenvalue weighted by atomic mass is 10.3. The highest BCUT2D eigenvalue weighted by molar-refractivity contribution is 4.53. The molecule has 0 spiro atoms. The van der Waals surface area contributed by atoms with Gasteiger partial charge >= 0.3 is 0 Å². The zero-order valence-corrected chi connectivity index (χ0v) is 35.2. The van der Waals surface area contributed by atoms with Gasteiger partial charge in [-0.1, -0.05) is 0 Å². The molecule has 0 aromatic carbocycles. The summed E-state index contributed by atoms with van der Waals surface area (Å²) in [6.45, 7) is 16.6. The van der Waals surface area contributed by atoms with Crippen molar-refractivity contribution in [3.63, 3.8) is 0 Å². The minimum Gasteiger partial charge on any atom is -0.394 e. The van der Waals surface area contributed by atoms with E-state index >= 15 is 0 Å². The van der Waals surface area contributed by atoms with E-state index in [1.165, 1.54) is 0 Å². The lowest BCUT2D eigenvalue weighted by Gasteiger charge is -2.10. The largest absolute Gasteiger partial charge is 0.394 e. The average Bonchev–Trinajstić information content (AvgIpc) is 3.23. The molecule has 0 aliphatic carbocycles. The summed E-state index contributed by atoms with van der Waals surface area (Å²) in [6.07, 6.45) is 0.0124. The van der Waals surface area contributed by atoms with Crippen LogP contribution in [-0.2, 0) is 80.5 Å². The van der Waals surface area contributed by atoms with Crippen molar-refractivity contribution in [2.75, 3.05) is 238 Å². The number of rotatable bonds is 54. The molecule has 0 saturated carbocycles. The maximum atomic E-state index is 9.49. The lowest BCUT2D eigenvalue weighted by molar-refractivity contribution is -0.0315. The predicted octanol–water partition coefficient (Wildman–Crippen LogP) is -1.03. The van der Waals surface area contributed by atoms with E-state index in [1.54, 1.807) is 0 Å². The molecule has 4 N–H and O–H groups in total. The van der Waals surface area contributed by atoms with Crippen LogP contribution >= 0.6 is 0 Å². The quantitative estimate of drug-likeness (QED) is 0.0623. The fourth-order valence-corrected chi connectivity index (χ4v) is 4.08. The molecule has 0 aromatic heterocycles. The Kier molecular flexibility index (Phi) is 53.5. The second-order valence-electron chi connectivity index (χ2n) is 11.8. The van der Waals surface area contributed by atoms with Crippen molar-refractivity contribution in [1.82, 2.24) is 0 Å². The number of aliphatic hydroxyl groups is 2. The molecular formula is C38H79NO19. The minimum atomic E-state index is -0.519. The third kappa shape index (κ3) is 53.2. The first-order valence-corrected chi connectivity index (χ1v) is 20.6. The monoisotopic (exact) mass is 854 g/mol. The number of hydrogen-bond acceptors (Lipinski definition) is 20. The van der Waals surface area contributed by atoms with Crippen LogP contribution < -0.4 is 5.73 Å². The summed E-state index contributed by atoms with van der Waals surface area (Å²) in [5.41, 5.74) is 5.37. The molecule has 350 valence electrons. The van der Waals surface area contributed by atoms with Gasteiger partial charge in [0.1, 0.15) is 0 Å². The standard InChI is InChI=1S/C38H79NO19/c39-2-1-38(41)37-58-36-35-57-34-33-56-32-31-55-30-29-54-28-27-53-26-25-52-24-23-51-22-21-50-20-19-49-18-17-48-16-15-47-14-13-46-12-11-45-10-9-44-8-7-43-6-5-42-4-3-40/h38,40-41H,1-37,39H2. The zero-order chi connectivity index (χ0) is 41.8. The number of aliphatic hydroxyl groups excluding tert-OH is 2. The van der Waals surface area contributed by atoms with Crippen LogP contribution in [-0.4, -0.2) is 254 Å². The van der Waals surface area contributed by atoms with Crippen LogP contribution in [0, 0.1) is 0 Å². The molecule has 0 saturated heterocycles. The summed E-state index contributed by atoms with van der Waals surface area (Å²) in [4.78, 5) is 0. The summed E-state index contributed by atoms with van der Waals surface area (Å²) < 4.78 is 92.2. The maximum absolute atomic E-state index is 9.49. The van der Waals surface area contributed by atoms with Gasteiger partial charge in [-0.25, -0.2) is 0 Å². The molecule has 1 unspecified atom stereocenters. The van der Waals surface area contributed by atoms with E-state index in [2.05, 4.69) is 0 Å². The smallest absolute Gasteiger partial charge is 0.0785 e. The molecule has 58 heavy (non-hydrogen) atoms. The van der Waals surface area contributed by atoms with Crippen LogP contribution in [0.1, 0.15) is 6.42 Å². The molecule has 0 rings (SSSR count). The number of ether oxygens (including phenoxy) is 17. The van der Waals surface area contributed by atoms with Crippen LogP contribution in [0.2, 0.25) is 0 Å². The molecule has 0 aromatic rings. The van der Waals surface area contributed by atoms with Crippen LogP contribution in [0.15, 0.2) is 0 Å². The minimum absolute atomic E-state index is 0.0199. The highest BCUT2D eigenvalue weighted by atomic mass is 16.6. The van der Waals surface area contributed by atoms with Crippen LogP contribution in [0.4, 0.5) is 0 Å². The molecule has 0 radical (unpaired) electrons. The molecule has 0 amide bonds. The van der Waals surface area contributed by atoms with Crippen LogP contribution in [0.25, 0.3) is 0 Å². The normalized spacial score (nSPS) is 12.3. The molecule has 0 heterocycles. The van der Waals surface area contributed by atoms with Gasteiger partial charge in [-0.15, -0.1) is 0 Å². The second kappa shape index (κ2) is 54.2. The first-order valence-electron chi connectivity index (χ1n) is 20.6. The van der Waals surface area contributed by atoms with E-state index in [1.807, 2.05) is 0 Å². The van der Waals surface area contributed by atoms with E-state index in [-0.39, 0.29) is 13.2 Å². The van der Waals surface area contributed by atoms with Crippen molar-refractivity contribution in [1.29, 1.82) is 0 Å². The summed E-state index contributed by atoms with van der Waals surface area (Å²) >= 11 is 0. The van der Waals surface area contributed by atoms with E-state index in [0.717, 1.165) is 0 Å². The Morgan fingerprint density at radius 1 is 0.259 bits per heavy atom. The Balaban J connectivity index is 3.07. The molecule has 0 bridgehead atoms. The average molecular weight is 854 g/mol. The Bertz CT molecular complexity index is 725. The van der Waals surface area contributed by atoms with Gasteiger partial charge < -0.3 is 96.5 Å². The highest BCUT2D eigenvalue weighted by Gasteiger charge is 2.02. The van der Waals surface area contributed by atoms with Gasteiger partial charge in [0.15, 0.2) is 0 Å². The molecular weight excluding hydrogens is 774 g/mol. The van der Waals surface area contributed by atoms with Gasteiger partial charge in [0.05, 0.1) is 237 Å². The van der Waals surface area contributed by atoms with E-state index in [0.29, 0.717) is 231 Å². The highest BCUT2D eigenvalue weighted by Crippen LogP contribution is 1.92. The zero-order valence-electron chi connectivity index (χ0n) is 35.2. The third-order valence-corrected chi connectivity index (χ3v) is 7.00. The van der Waals surface area contributed by atoms with E-state index in [4.69, 9.17) is 91.4 Å². The van der Waals surface area contributed by atoms with Crippen LogP contribution in [0.5, 0.6) is 0 Å². The maximum Gasteiger partial charge on any atom is 0.0785 e. The first kappa shape index (κ1) is 57.2. The summed E-state index contributed by atoms with van der Waals surface area (Å²) in [7, 11) is 0. The van der Waals surface area contributed by atoms with Gasteiger partial charge in [0, 0.05) is 0 Å². The fourth-order valence-electron chi connectivity index (χ4n) is 4.08.